The highest BCUT2D eigenvalue weighted by Gasteiger charge is 2.11. The molecular weight excluding hydrogens is 289 g/mol. The summed E-state index contributed by atoms with van der Waals surface area (Å²) in [6.07, 6.45) is 2.74. The molecule has 0 bridgehead atoms. The van der Waals surface area contributed by atoms with Gasteiger partial charge in [-0.2, -0.15) is 0 Å². The smallest absolute Gasteiger partial charge is 0.123 e. The number of benzene rings is 1. The van der Waals surface area contributed by atoms with Crippen molar-refractivity contribution in [2.75, 3.05) is 0 Å². The molecule has 4 heteroatoms. The summed E-state index contributed by atoms with van der Waals surface area (Å²) in [6, 6.07) is 6.62. The number of hydrogen-bond acceptors (Lipinski definition) is 2. The number of hydrogen-bond donors (Lipinski definition) is 0. The molecule has 16 heavy (non-hydrogen) atoms. The molecule has 2 rings (SSSR count). The lowest BCUT2D eigenvalue weighted by Crippen LogP contribution is -1.92. The van der Waals surface area contributed by atoms with Gasteiger partial charge in [0.05, 0.1) is 9.83 Å². The molecule has 1 aromatic carbocycles. The van der Waals surface area contributed by atoms with E-state index in [0.717, 1.165) is 17.0 Å². The molecule has 0 saturated carbocycles. The number of aromatic nitrogens is 1. The fourth-order valence-electron chi connectivity index (χ4n) is 1.45. The van der Waals surface area contributed by atoms with Crippen LogP contribution in [0.4, 0.5) is 4.39 Å². The molecule has 1 aromatic heterocycles. The van der Waals surface area contributed by atoms with Gasteiger partial charge in [0.2, 0.25) is 0 Å². The Hall–Kier alpha value is -0.740. The normalized spacial score (nSPS) is 12.7. The topological polar surface area (TPSA) is 12.9 Å². The van der Waals surface area contributed by atoms with E-state index in [0.29, 0.717) is 0 Å². The van der Waals surface area contributed by atoms with Crippen LogP contribution in [0.2, 0.25) is 0 Å². The fourth-order valence-corrected chi connectivity index (χ4v) is 2.99. The summed E-state index contributed by atoms with van der Waals surface area (Å²) in [7, 11) is 0. The Morgan fingerprint density at radius 3 is 2.62 bits per heavy atom. The maximum atomic E-state index is 12.7. The monoisotopic (exact) mass is 299 g/mol. The number of aryl methyl sites for hydroxylation is 1. The van der Waals surface area contributed by atoms with Crippen molar-refractivity contribution in [2.24, 2.45) is 0 Å². The summed E-state index contributed by atoms with van der Waals surface area (Å²) < 4.78 is 12.7. The lowest BCUT2D eigenvalue weighted by molar-refractivity contribution is 0.627. The van der Waals surface area contributed by atoms with Crippen molar-refractivity contribution >= 4 is 27.3 Å². The molecule has 1 atom stereocenters. The summed E-state index contributed by atoms with van der Waals surface area (Å²) in [6.45, 7) is 1.99. The lowest BCUT2D eigenvalue weighted by Gasteiger charge is -2.06. The van der Waals surface area contributed by atoms with Gasteiger partial charge >= 0.3 is 0 Å². The van der Waals surface area contributed by atoms with E-state index in [9.17, 15) is 4.39 Å². The molecule has 2 aromatic rings. The molecule has 0 amide bonds. The minimum Gasteiger partial charge on any atom is -0.250 e. The van der Waals surface area contributed by atoms with Crippen molar-refractivity contribution in [3.63, 3.8) is 0 Å². The first-order valence-electron chi connectivity index (χ1n) is 4.96. The quantitative estimate of drug-likeness (QED) is 0.771. The first kappa shape index (κ1) is 11.7. The van der Waals surface area contributed by atoms with E-state index in [1.165, 1.54) is 17.0 Å². The van der Waals surface area contributed by atoms with Gasteiger partial charge in [-0.3, -0.25) is 0 Å². The molecule has 0 aliphatic carbocycles. The van der Waals surface area contributed by atoms with Gasteiger partial charge in [0, 0.05) is 11.1 Å². The predicted octanol–water partition coefficient (Wildman–Crippen LogP) is 4.27. The molecule has 84 valence electrons. The first-order chi connectivity index (χ1) is 7.65. The van der Waals surface area contributed by atoms with Crippen LogP contribution < -0.4 is 0 Å². The number of rotatable bonds is 3. The molecule has 1 heterocycles. The maximum Gasteiger partial charge on any atom is 0.123 e. The minimum atomic E-state index is -0.191. The molecule has 0 spiro atoms. The van der Waals surface area contributed by atoms with E-state index in [4.69, 9.17) is 0 Å². The standard InChI is InChI=1S/C12H11BrFNS/c1-8-15-7-12(16-8)11(13)6-9-2-4-10(14)5-3-9/h2-5,7,11H,6H2,1H3. The highest BCUT2D eigenvalue weighted by atomic mass is 79.9. The van der Waals surface area contributed by atoms with Gasteiger partial charge in [0.15, 0.2) is 0 Å². The number of halogens is 2. The summed E-state index contributed by atoms with van der Waals surface area (Å²) >= 11 is 5.32. The Kier molecular flexibility index (Phi) is 3.71. The van der Waals surface area contributed by atoms with Crippen LogP contribution in [0.25, 0.3) is 0 Å². The number of thiazole rings is 1. The van der Waals surface area contributed by atoms with Gasteiger partial charge in [-0.05, 0) is 31.0 Å². The van der Waals surface area contributed by atoms with Gasteiger partial charge in [-0.1, -0.05) is 28.1 Å². The fraction of sp³-hybridized carbons (Fsp3) is 0.250. The molecule has 0 aliphatic rings. The SMILES string of the molecule is Cc1ncc(C(Br)Cc2ccc(F)cc2)s1. The van der Waals surface area contributed by atoms with Crippen molar-refractivity contribution in [2.45, 2.75) is 18.2 Å². The largest absolute Gasteiger partial charge is 0.250 e. The van der Waals surface area contributed by atoms with Crippen molar-refractivity contribution in [1.82, 2.24) is 4.98 Å². The van der Waals surface area contributed by atoms with Gasteiger partial charge in [-0.15, -0.1) is 11.3 Å². The summed E-state index contributed by atoms with van der Waals surface area (Å²) in [4.78, 5) is 5.69. The summed E-state index contributed by atoms with van der Waals surface area (Å²) in [5.41, 5.74) is 1.12. The summed E-state index contributed by atoms with van der Waals surface area (Å²) in [5, 5.41) is 1.07. The second-order valence-electron chi connectivity index (χ2n) is 3.58. The minimum absolute atomic E-state index is 0.191. The highest BCUT2D eigenvalue weighted by Crippen LogP contribution is 2.30. The van der Waals surface area contributed by atoms with Crippen molar-refractivity contribution in [3.05, 3.63) is 51.7 Å². The average molecular weight is 300 g/mol. The van der Waals surface area contributed by atoms with Gasteiger partial charge in [0.25, 0.3) is 0 Å². The summed E-state index contributed by atoms with van der Waals surface area (Å²) in [5.74, 6) is -0.191. The van der Waals surface area contributed by atoms with Crippen LogP contribution in [-0.2, 0) is 6.42 Å². The van der Waals surface area contributed by atoms with Crippen LogP contribution in [0.1, 0.15) is 20.3 Å². The maximum absolute atomic E-state index is 12.7. The van der Waals surface area contributed by atoms with Crippen LogP contribution in [0, 0.1) is 12.7 Å². The van der Waals surface area contributed by atoms with Crippen molar-refractivity contribution in [1.29, 1.82) is 0 Å². The first-order valence-corrected chi connectivity index (χ1v) is 6.69. The van der Waals surface area contributed by atoms with Crippen molar-refractivity contribution in [3.8, 4) is 0 Å². The van der Waals surface area contributed by atoms with E-state index < -0.39 is 0 Å². The van der Waals surface area contributed by atoms with Gasteiger partial charge < -0.3 is 0 Å². The zero-order valence-corrected chi connectivity index (χ0v) is 11.2. The Morgan fingerprint density at radius 2 is 2.06 bits per heavy atom. The Labute approximate surface area is 106 Å². The second-order valence-corrected chi connectivity index (χ2v) is 5.95. The molecular formula is C12H11BrFNS. The molecule has 0 N–H and O–H groups in total. The lowest BCUT2D eigenvalue weighted by atomic mass is 10.1. The van der Waals surface area contributed by atoms with Crippen LogP contribution in [-0.4, -0.2) is 4.98 Å². The molecule has 0 aliphatic heterocycles. The van der Waals surface area contributed by atoms with E-state index >= 15 is 0 Å². The van der Waals surface area contributed by atoms with Gasteiger partial charge in [-0.25, -0.2) is 9.37 Å². The van der Waals surface area contributed by atoms with Gasteiger partial charge in [0.1, 0.15) is 5.82 Å². The Bertz CT molecular complexity index is 466. The zero-order chi connectivity index (χ0) is 11.5. The highest BCUT2D eigenvalue weighted by molar-refractivity contribution is 9.09. The van der Waals surface area contributed by atoms with Crippen LogP contribution >= 0.6 is 27.3 Å². The molecule has 1 nitrogen and oxygen atoms in total. The predicted molar refractivity (Wildman–Crippen MR) is 68.6 cm³/mol. The molecule has 0 fully saturated rings. The van der Waals surface area contributed by atoms with Crippen LogP contribution in [0.3, 0.4) is 0 Å². The van der Waals surface area contributed by atoms with E-state index in [2.05, 4.69) is 20.9 Å². The Morgan fingerprint density at radius 1 is 1.38 bits per heavy atom. The third-order valence-electron chi connectivity index (χ3n) is 2.28. The second kappa shape index (κ2) is 5.06. The average Bonchev–Trinajstić information content (AvgIpc) is 2.68. The van der Waals surface area contributed by atoms with Crippen LogP contribution in [0.5, 0.6) is 0 Å². The van der Waals surface area contributed by atoms with E-state index in [1.54, 1.807) is 11.3 Å². The van der Waals surface area contributed by atoms with E-state index in [-0.39, 0.29) is 10.6 Å². The zero-order valence-electron chi connectivity index (χ0n) is 8.78. The van der Waals surface area contributed by atoms with Crippen LogP contribution in [0.15, 0.2) is 30.5 Å². The number of alkyl halides is 1. The molecule has 0 radical (unpaired) electrons. The third-order valence-corrected chi connectivity index (χ3v) is 4.42. The third kappa shape index (κ3) is 2.89. The Balaban J connectivity index is 2.07. The molecule has 1 unspecified atom stereocenters. The van der Waals surface area contributed by atoms with Crippen molar-refractivity contribution < 1.29 is 4.39 Å². The number of nitrogens with zero attached hydrogens (tertiary/aromatic N) is 1. The molecule has 0 saturated heterocycles. The van der Waals surface area contributed by atoms with E-state index in [1.807, 2.05) is 25.3 Å².